The molecule has 4 nitrogen and oxygen atoms in total. The van der Waals surface area contributed by atoms with Crippen LogP contribution in [0.3, 0.4) is 0 Å². The minimum absolute atomic E-state index is 0.592. The molecule has 18 heavy (non-hydrogen) atoms. The first-order valence-corrected chi connectivity index (χ1v) is 6.24. The number of rotatable bonds is 5. The summed E-state index contributed by atoms with van der Waals surface area (Å²) in [6, 6.07) is 8.42. The van der Waals surface area contributed by atoms with Crippen molar-refractivity contribution < 1.29 is 0 Å². The van der Waals surface area contributed by atoms with E-state index in [9.17, 15) is 0 Å². The summed E-state index contributed by atoms with van der Waals surface area (Å²) < 4.78 is 1.83. The predicted molar refractivity (Wildman–Crippen MR) is 74.3 cm³/mol. The number of aromatic nitrogens is 2. The molecule has 2 N–H and O–H groups in total. The number of aryl methyl sites for hydroxylation is 1. The third-order valence-corrected chi connectivity index (χ3v) is 3.05. The van der Waals surface area contributed by atoms with Crippen molar-refractivity contribution in [2.75, 3.05) is 11.4 Å². The summed E-state index contributed by atoms with van der Waals surface area (Å²) in [5.41, 5.74) is 9.22. The fraction of sp³-hybridized carbons (Fsp3) is 0.357. The van der Waals surface area contributed by atoms with Gasteiger partial charge in [0.15, 0.2) is 0 Å². The monoisotopic (exact) mass is 244 g/mol. The van der Waals surface area contributed by atoms with Gasteiger partial charge in [0.2, 0.25) is 0 Å². The molecule has 0 atom stereocenters. The van der Waals surface area contributed by atoms with Crippen LogP contribution in [0, 0.1) is 0 Å². The fourth-order valence-electron chi connectivity index (χ4n) is 2.00. The van der Waals surface area contributed by atoms with Crippen molar-refractivity contribution in [3.05, 3.63) is 47.8 Å². The maximum atomic E-state index is 5.61. The molecular formula is C14H20N4. The van der Waals surface area contributed by atoms with Crippen LogP contribution < -0.4 is 10.6 Å². The summed E-state index contributed by atoms with van der Waals surface area (Å²) in [4.78, 5) is 2.32. The van der Waals surface area contributed by atoms with Crippen molar-refractivity contribution in [3.8, 4) is 0 Å². The third kappa shape index (κ3) is 2.90. The average Bonchev–Trinajstić information content (AvgIpc) is 2.82. The van der Waals surface area contributed by atoms with Gasteiger partial charge in [-0.3, -0.25) is 4.68 Å². The van der Waals surface area contributed by atoms with E-state index >= 15 is 0 Å². The average molecular weight is 244 g/mol. The van der Waals surface area contributed by atoms with E-state index in [2.05, 4.69) is 47.4 Å². The van der Waals surface area contributed by atoms with Gasteiger partial charge >= 0.3 is 0 Å². The van der Waals surface area contributed by atoms with Gasteiger partial charge in [0.25, 0.3) is 0 Å². The van der Waals surface area contributed by atoms with Crippen LogP contribution in [0.1, 0.15) is 18.1 Å². The number of hydrogen-bond acceptors (Lipinski definition) is 3. The van der Waals surface area contributed by atoms with Crippen molar-refractivity contribution in [3.63, 3.8) is 0 Å². The highest BCUT2D eigenvalue weighted by atomic mass is 15.2. The Hall–Kier alpha value is -1.81. The maximum absolute atomic E-state index is 5.61. The molecule has 0 saturated carbocycles. The van der Waals surface area contributed by atoms with E-state index in [1.54, 1.807) is 0 Å². The molecule has 0 bridgehead atoms. The topological polar surface area (TPSA) is 47.1 Å². The number of hydrogen-bond donors (Lipinski definition) is 1. The molecule has 0 amide bonds. The van der Waals surface area contributed by atoms with Crippen LogP contribution in [0.4, 0.5) is 5.69 Å². The minimum Gasteiger partial charge on any atom is -0.367 e. The molecule has 0 aliphatic heterocycles. The molecule has 0 unspecified atom stereocenters. The van der Waals surface area contributed by atoms with Crippen molar-refractivity contribution in [2.24, 2.45) is 12.8 Å². The Kier molecular flexibility index (Phi) is 3.99. The van der Waals surface area contributed by atoms with E-state index in [-0.39, 0.29) is 0 Å². The number of nitrogens with two attached hydrogens (primary N) is 1. The van der Waals surface area contributed by atoms with E-state index < -0.39 is 0 Å². The normalized spacial score (nSPS) is 10.6. The second-order valence-corrected chi connectivity index (χ2v) is 4.41. The number of nitrogens with zero attached hydrogens (tertiary/aromatic N) is 3. The highest BCUT2D eigenvalue weighted by molar-refractivity contribution is 5.47. The number of anilines is 1. The van der Waals surface area contributed by atoms with Gasteiger partial charge in [-0.2, -0.15) is 5.10 Å². The lowest BCUT2D eigenvalue weighted by atomic mass is 10.2. The molecule has 0 spiro atoms. The standard InChI is InChI=1S/C14H20N4/c1-3-18(11-13-9-16-17(2)10-13)14-6-4-12(8-15)5-7-14/h4-7,9-10H,3,8,11,15H2,1-2H3. The Morgan fingerprint density at radius 2 is 1.94 bits per heavy atom. The highest BCUT2D eigenvalue weighted by Crippen LogP contribution is 2.17. The molecule has 1 aromatic carbocycles. The van der Waals surface area contributed by atoms with E-state index in [4.69, 9.17) is 5.73 Å². The second-order valence-electron chi connectivity index (χ2n) is 4.41. The quantitative estimate of drug-likeness (QED) is 0.874. The van der Waals surface area contributed by atoms with Crippen molar-refractivity contribution in [1.29, 1.82) is 0 Å². The zero-order valence-electron chi connectivity index (χ0n) is 11.0. The first-order chi connectivity index (χ1) is 8.72. The summed E-state index contributed by atoms with van der Waals surface area (Å²) in [5.74, 6) is 0. The van der Waals surface area contributed by atoms with Gasteiger partial charge in [0, 0.05) is 44.1 Å². The molecule has 2 aromatic rings. The largest absolute Gasteiger partial charge is 0.367 e. The summed E-state index contributed by atoms with van der Waals surface area (Å²) in [5, 5.41) is 4.20. The van der Waals surface area contributed by atoms with Gasteiger partial charge in [-0.1, -0.05) is 12.1 Å². The van der Waals surface area contributed by atoms with Crippen LogP contribution in [-0.2, 0) is 20.1 Å². The van der Waals surface area contributed by atoms with Crippen LogP contribution in [0.2, 0.25) is 0 Å². The van der Waals surface area contributed by atoms with Crippen LogP contribution >= 0.6 is 0 Å². The van der Waals surface area contributed by atoms with Crippen LogP contribution in [0.5, 0.6) is 0 Å². The molecule has 96 valence electrons. The van der Waals surface area contributed by atoms with E-state index in [1.165, 1.54) is 11.3 Å². The lowest BCUT2D eigenvalue weighted by Gasteiger charge is -2.22. The second kappa shape index (κ2) is 5.69. The van der Waals surface area contributed by atoms with Crippen molar-refractivity contribution in [2.45, 2.75) is 20.0 Å². The zero-order chi connectivity index (χ0) is 13.0. The summed E-state index contributed by atoms with van der Waals surface area (Å²) in [7, 11) is 1.94. The van der Waals surface area contributed by atoms with Crippen LogP contribution in [0.15, 0.2) is 36.7 Å². The molecule has 2 rings (SSSR count). The van der Waals surface area contributed by atoms with E-state index in [0.29, 0.717) is 6.54 Å². The van der Waals surface area contributed by atoms with E-state index in [1.807, 2.05) is 17.9 Å². The summed E-state index contributed by atoms with van der Waals surface area (Å²) >= 11 is 0. The molecule has 4 heteroatoms. The SMILES string of the molecule is CCN(Cc1cnn(C)c1)c1ccc(CN)cc1. The Morgan fingerprint density at radius 3 is 2.44 bits per heavy atom. The minimum atomic E-state index is 0.592. The predicted octanol–water partition coefficient (Wildman–Crippen LogP) is 1.91. The van der Waals surface area contributed by atoms with Gasteiger partial charge in [-0.15, -0.1) is 0 Å². The van der Waals surface area contributed by atoms with Gasteiger partial charge in [-0.25, -0.2) is 0 Å². The lowest BCUT2D eigenvalue weighted by Crippen LogP contribution is -2.21. The number of benzene rings is 1. The van der Waals surface area contributed by atoms with E-state index in [0.717, 1.165) is 18.7 Å². The Balaban J connectivity index is 2.12. The molecule has 0 aliphatic rings. The van der Waals surface area contributed by atoms with Gasteiger partial charge in [0.05, 0.1) is 6.20 Å². The zero-order valence-corrected chi connectivity index (χ0v) is 11.0. The Bertz CT molecular complexity index is 487. The lowest BCUT2D eigenvalue weighted by molar-refractivity contribution is 0.765. The van der Waals surface area contributed by atoms with Gasteiger partial charge in [-0.05, 0) is 24.6 Å². The molecule has 0 fully saturated rings. The first-order valence-electron chi connectivity index (χ1n) is 6.24. The molecular weight excluding hydrogens is 224 g/mol. The highest BCUT2D eigenvalue weighted by Gasteiger charge is 2.06. The summed E-state index contributed by atoms with van der Waals surface area (Å²) in [6.45, 7) is 4.60. The molecule has 0 saturated heterocycles. The Morgan fingerprint density at radius 1 is 1.22 bits per heavy atom. The smallest absolute Gasteiger partial charge is 0.0539 e. The van der Waals surface area contributed by atoms with Gasteiger partial charge < -0.3 is 10.6 Å². The van der Waals surface area contributed by atoms with Crippen LogP contribution in [0.25, 0.3) is 0 Å². The first kappa shape index (κ1) is 12.6. The maximum Gasteiger partial charge on any atom is 0.0539 e. The van der Waals surface area contributed by atoms with Crippen LogP contribution in [-0.4, -0.2) is 16.3 Å². The molecule has 0 radical (unpaired) electrons. The third-order valence-electron chi connectivity index (χ3n) is 3.05. The molecule has 0 aliphatic carbocycles. The Labute approximate surface area is 108 Å². The fourth-order valence-corrected chi connectivity index (χ4v) is 2.00. The molecule has 1 aromatic heterocycles. The van der Waals surface area contributed by atoms with Gasteiger partial charge in [0.1, 0.15) is 0 Å². The van der Waals surface area contributed by atoms with Crippen molar-refractivity contribution in [1.82, 2.24) is 9.78 Å². The van der Waals surface area contributed by atoms with Crippen molar-refractivity contribution >= 4 is 5.69 Å². The summed E-state index contributed by atoms with van der Waals surface area (Å²) in [6.07, 6.45) is 3.97. The molecule has 1 heterocycles.